The van der Waals surface area contributed by atoms with Gasteiger partial charge in [-0.25, -0.2) is 0 Å². The summed E-state index contributed by atoms with van der Waals surface area (Å²) in [6.07, 6.45) is 2.42. The minimum Gasteiger partial charge on any atom is -0.493 e. The molecule has 2 heterocycles. The number of nitrogens with one attached hydrogen (secondary N) is 1. The topological polar surface area (TPSA) is 50.8 Å². The van der Waals surface area contributed by atoms with E-state index in [1.807, 2.05) is 0 Å². The quantitative estimate of drug-likeness (QED) is 0.600. The van der Waals surface area contributed by atoms with Crippen LogP contribution >= 0.6 is 22.9 Å². The zero-order valence-corrected chi connectivity index (χ0v) is 18.8. The molecule has 1 N–H and O–H groups in total. The lowest BCUT2D eigenvalue weighted by Gasteiger charge is -2.27. The molecule has 1 aliphatic heterocycles. The number of hydrogen-bond donors (Lipinski definition) is 1. The van der Waals surface area contributed by atoms with E-state index < -0.39 is 0 Å². The molecule has 0 bridgehead atoms. The fourth-order valence-electron chi connectivity index (χ4n) is 3.48. The van der Waals surface area contributed by atoms with Crippen molar-refractivity contribution in [3.63, 3.8) is 0 Å². The monoisotopic (exact) mass is 436 g/mol. The molecule has 5 nitrogen and oxygen atoms in total. The second-order valence-electron chi connectivity index (χ2n) is 7.68. The van der Waals surface area contributed by atoms with Gasteiger partial charge in [0.15, 0.2) is 11.5 Å². The molecule has 158 valence electrons. The molecule has 0 radical (unpaired) electrons. The SMILES string of the molecule is COc1cc(C(=O)NCC(c2cccs2)N2CCCC2)cc(Cl)c1OCC(C)C. The third kappa shape index (κ3) is 5.65. The molecule has 7 heteroatoms. The number of hydrogen-bond acceptors (Lipinski definition) is 5. The standard InChI is InChI=1S/C22H29ClN2O3S/c1-15(2)14-28-21-17(23)11-16(12-19(21)27-3)22(26)24-13-18(20-7-6-10-29-20)25-8-4-5-9-25/h6-7,10-12,15,18H,4-5,8-9,13-14H2,1-3H3,(H,24,26). The maximum atomic E-state index is 12.9. The van der Waals surface area contributed by atoms with Crippen LogP contribution in [0.15, 0.2) is 29.6 Å². The Balaban J connectivity index is 1.71. The minimum atomic E-state index is -0.165. The van der Waals surface area contributed by atoms with Crippen molar-refractivity contribution in [2.45, 2.75) is 32.7 Å². The molecule has 1 atom stereocenters. The molecule has 1 amide bonds. The van der Waals surface area contributed by atoms with E-state index in [2.05, 4.69) is 41.6 Å². The first-order chi connectivity index (χ1) is 14.0. The Morgan fingerprint density at radius 3 is 2.69 bits per heavy atom. The number of ether oxygens (including phenoxy) is 2. The number of thiophene rings is 1. The number of methoxy groups -OCH3 is 1. The van der Waals surface area contributed by atoms with Crippen molar-refractivity contribution in [2.24, 2.45) is 5.92 Å². The van der Waals surface area contributed by atoms with Gasteiger partial charge in [0.2, 0.25) is 0 Å². The molecule has 0 aliphatic carbocycles. The van der Waals surface area contributed by atoms with E-state index in [4.69, 9.17) is 21.1 Å². The van der Waals surface area contributed by atoms with Gasteiger partial charge in [0.05, 0.1) is 24.8 Å². The van der Waals surface area contributed by atoms with Gasteiger partial charge in [-0.1, -0.05) is 31.5 Å². The first-order valence-electron chi connectivity index (χ1n) is 10.1. The smallest absolute Gasteiger partial charge is 0.251 e. The van der Waals surface area contributed by atoms with Gasteiger partial charge in [-0.3, -0.25) is 9.69 Å². The number of carbonyl (C=O) groups excluding carboxylic acids is 1. The van der Waals surface area contributed by atoms with Crippen molar-refractivity contribution in [2.75, 3.05) is 33.4 Å². The molecule has 1 saturated heterocycles. The van der Waals surface area contributed by atoms with Gasteiger partial charge < -0.3 is 14.8 Å². The number of likely N-dealkylation sites (tertiary alicyclic amines) is 1. The van der Waals surface area contributed by atoms with Crippen molar-refractivity contribution >= 4 is 28.8 Å². The summed E-state index contributed by atoms with van der Waals surface area (Å²) in [5.74, 6) is 1.14. The van der Waals surface area contributed by atoms with E-state index in [0.29, 0.717) is 41.2 Å². The van der Waals surface area contributed by atoms with Gasteiger partial charge in [0.1, 0.15) is 0 Å². The average molecular weight is 437 g/mol. The lowest BCUT2D eigenvalue weighted by atomic mass is 10.1. The van der Waals surface area contributed by atoms with Gasteiger partial charge in [0, 0.05) is 17.0 Å². The molecule has 2 aromatic rings. The van der Waals surface area contributed by atoms with E-state index in [-0.39, 0.29) is 11.9 Å². The average Bonchev–Trinajstić information content (AvgIpc) is 3.41. The van der Waals surface area contributed by atoms with Crippen LogP contribution in [0.1, 0.15) is 48.0 Å². The van der Waals surface area contributed by atoms with Crippen LogP contribution in [0.4, 0.5) is 0 Å². The van der Waals surface area contributed by atoms with Crippen LogP contribution in [-0.2, 0) is 0 Å². The van der Waals surface area contributed by atoms with Gasteiger partial charge in [0.25, 0.3) is 5.91 Å². The van der Waals surface area contributed by atoms with Crippen LogP contribution in [0.25, 0.3) is 0 Å². The Morgan fingerprint density at radius 2 is 2.07 bits per heavy atom. The molecular weight excluding hydrogens is 408 g/mol. The molecular formula is C22H29ClN2O3S. The highest BCUT2D eigenvalue weighted by Gasteiger charge is 2.25. The summed E-state index contributed by atoms with van der Waals surface area (Å²) in [7, 11) is 1.55. The molecule has 1 aromatic carbocycles. The summed E-state index contributed by atoms with van der Waals surface area (Å²) in [5.41, 5.74) is 0.468. The largest absolute Gasteiger partial charge is 0.493 e. The van der Waals surface area contributed by atoms with Gasteiger partial charge in [-0.05, 0) is 55.4 Å². The van der Waals surface area contributed by atoms with Gasteiger partial charge in [-0.2, -0.15) is 0 Å². The third-order valence-corrected chi connectivity index (χ3v) is 6.22. The molecule has 1 unspecified atom stereocenters. The fourth-order valence-corrected chi connectivity index (χ4v) is 4.60. The number of benzene rings is 1. The van der Waals surface area contributed by atoms with E-state index in [9.17, 15) is 4.79 Å². The third-order valence-electron chi connectivity index (χ3n) is 4.96. The van der Waals surface area contributed by atoms with Crippen LogP contribution in [0.3, 0.4) is 0 Å². The van der Waals surface area contributed by atoms with Crippen LogP contribution in [0.5, 0.6) is 11.5 Å². The van der Waals surface area contributed by atoms with Crippen molar-refractivity contribution in [1.82, 2.24) is 10.2 Å². The predicted octanol–water partition coefficient (Wildman–Crippen LogP) is 5.01. The van der Waals surface area contributed by atoms with Crippen LogP contribution in [0, 0.1) is 5.92 Å². The summed E-state index contributed by atoms with van der Waals surface area (Å²) in [6.45, 7) is 7.35. The number of rotatable bonds is 9. The molecule has 1 aromatic heterocycles. The van der Waals surface area contributed by atoms with Gasteiger partial charge in [-0.15, -0.1) is 11.3 Å². The first kappa shape index (κ1) is 21.9. The number of amides is 1. The highest BCUT2D eigenvalue weighted by Crippen LogP contribution is 2.37. The molecule has 1 fully saturated rings. The summed E-state index contributed by atoms with van der Waals surface area (Å²) >= 11 is 8.13. The number of halogens is 1. The minimum absolute atomic E-state index is 0.165. The number of nitrogens with zero attached hydrogens (tertiary/aromatic N) is 1. The molecule has 0 saturated carbocycles. The van der Waals surface area contributed by atoms with Crippen LogP contribution in [-0.4, -0.2) is 44.2 Å². The Labute approximate surface area is 182 Å². The summed E-state index contributed by atoms with van der Waals surface area (Å²) in [6, 6.07) is 7.73. The Hall–Kier alpha value is -1.76. The van der Waals surface area contributed by atoms with E-state index in [1.165, 1.54) is 17.7 Å². The molecule has 0 spiro atoms. The zero-order valence-electron chi connectivity index (χ0n) is 17.2. The van der Waals surface area contributed by atoms with Crippen LogP contribution in [0.2, 0.25) is 5.02 Å². The lowest BCUT2D eigenvalue weighted by molar-refractivity contribution is 0.0938. The summed E-state index contributed by atoms with van der Waals surface area (Å²) < 4.78 is 11.2. The second-order valence-corrected chi connectivity index (χ2v) is 9.07. The second kappa shape index (κ2) is 10.3. The van der Waals surface area contributed by atoms with E-state index in [1.54, 1.807) is 30.6 Å². The van der Waals surface area contributed by atoms with E-state index in [0.717, 1.165) is 13.1 Å². The normalized spacial score (nSPS) is 15.5. The fraction of sp³-hybridized carbons (Fsp3) is 0.500. The Morgan fingerprint density at radius 1 is 1.31 bits per heavy atom. The van der Waals surface area contributed by atoms with Gasteiger partial charge >= 0.3 is 0 Å². The molecule has 29 heavy (non-hydrogen) atoms. The predicted molar refractivity (Wildman–Crippen MR) is 119 cm³/mol. The van der Waals surface area contributed by atoms with E-state index >= 15 is 0 Å². The molecule has 1 aliphatic rings. The number of carbonyl (C=O) groups is 1. The maximum Gasteiger partial charge on any atom is 0.251 e. The molecule has 3 rings (SSSR count). The lowest BCUT2D eigenvalue weighted by Crippen LogP contribution is -2.36. The zero-order chi connectivity index (χ0) is 20.8. The Kier molecular flexibility index (Phi) is 7.81. The maximum absolute atomic E-state index is 12.9. The highest BCUT2D eigenvalue weighted by molar-refractivity contribution is 7.10. The van der Waals surface area contributed by atoms with Crippen molar-refractivity contribution in [3.8, 4) is 11.5 Å². The summed E-state index contributed by atoms with van der Waals surface area (Å²) in [5, 5.41) is 5.55. The van der Waals surface area contributed by atoms with Crippen molar-refractivity contribution < 1.29 is 14.3 Å². The van der Waals surface area contributed by atoms with Crippen molar-refractivity contribution in [1.29, 1.82) is 0 Å². The first-order valence-corrected chi connectivity index (χ1v) is 11.3. The highest BCUT2D eigenvalue weighted by atomic mass is 35.5. The summed E-state index contributed by atoms with van der Waals surface area (Å²) in [4.78, 5) is 16.6. The van der Waals surface area contributed by atoms with Crippen LogP contribution < -0.4 is 14.8 Å². The van der Waals surface area contributed by atoms with Crippen molar-refractivity contribution in [3.05, 3.63) is 45.1 Å². The Bertz CT molecular complexity index is 805.